The molecule has 164 valence electrons. The van der Waals surface area contributed by atoms with E-state index < -0.39 is 23.1 Å². The largest absolute Gasteiger partial charge is 0.392 e. The number of nitro benzene ring substituents is 1. The number of carbonyl (C=O) groups is 2. The van der Waals surface area contributed by atoms with Gasteiger partial charge in [0.05, 0.1) is 17.1 Å². The molecule has 0 bridgehead atoms. The Hall–Kier alpha value is -3.30. The van der Waals surface area contributed by atoms with Crippen molar-refractivity contribution in [3.8, 4) is 0 Å². The average molecular weight is 426 g/mol. The van der Waals surface area contributed by atoms with E-state index in [2.05, 4.69) is 10.6 Å². The summed E-state index contributed by atoms with van der Waals surface area (Å²) < 4.78 is 0. The van der Waals surface area contributed by atoms with Crippen LogP contribution in [0.4, 0.5) is 5.69 Å². The number of rotatable bonds is 8. The molecule has 1 fully saturated rings. The van der Waals surface area contributed by atoms with E-state index in [0.717, 1.165) is 5.56 Å². The number of nitrogens with one attached hydrogen (secondary N) is 2. The molecule has 3 N–H and O–H groups in total. The van der Waals surface area contributed by atoms with Crippen LogP contribution in [0.5, 0.6) is 0 Å². The molecule has 9 nitrogen and oxygen atoms in total. The van der Waals surface area contributed by atoms with Crippen LogP contribution in [0.3, 0.4) is 0 Å². The van der Waals surface area contributed by atoms with Crippen molar-refractivity contribution >= 4 is 17.5 Å². The van der Waals surface area contributed by atoms with E-state index in [1.54, 1.807) is 24.1 Å². The Labute approximate surface area is 180 Å². The predicted molar refractivity (Wildman–Crippen MR) is 114 cm³/mol. The van der Waals surface area contributed by atoms with Gasteiger partial charge in [0, 0.05) is 38.7 Å². The van der Waals surface area contributed by atoms with E-state index in [4.69, 9.17) is 0 Å². The highest BCUT2D eigenvalue weighted by Crippen LogP contribution is 2.15. The molecule has 0 unspecified atom stereocenters. The lowest BCUT2D eigenvalue weighted by Gasteiger charge is -2.26. The summed E-state index contributed by atoms with van der Waals surface area (Å²) in [6, 6.07) is 14.0. The van der Waals surface area contributed by atoms with Gasteiger partial charge in [0.2, 0.25) is 11.8 Å². The van der Waals surface area contributed by atoms with Crippen molar-refractivity contribution in [3.05, 3.63) is 75.8 Å². The van der Waals surface area contributed by atoms with Crippen LogP contribution in [0.15, 0.2) is 54.6 Å². The molecule has 3 rings (SSSR count). The molecule has 2 aromatic carbocycles. The van der Waals surface area contributed by atoms with Crippen LogP contribution in [0, 0.1) is 10.1 Å². The molecule has 2 aromatic rings. The van der Waals surface area contributed by atoms with Gasteiger partial charge in [0.1, 0.15) is 6.04 Å². The number of aliphatic hydroxyl groups is 1. The molecule has 0 aliphatic carbocycles. The molecule has 9 heteroatoms. The first-order valence-corrected chi connectivity index (χ1v) is 10.1. The van der Waals surface area contributed by atoms with Gasteiger partial charge in [-0.2, -0.15) is 0 Å². The third-order valence-corrected chi connectivity index (χ3v) is 5.26. The number of carbonyl (C=O) groups excluding carboxylic acids is 2. The van der Waals surface area contributed by atoms with Gasteiger partial charge in [-0.15, -0.1) is 0 Å². The van der Waals surface area contributed by atoms with Gasteiger partial charge in [0.15, 0.2) is 0 Å². The van der Waals surface area contributed by atoms with E-state index in [1.165, 1.54) is 12.1 Å². The molecule has 31 heavy (non-hydrogen) atoms. The molecule has 0 radical (unpaired) electrons. The molecule has 1 aliphatic heterocycles. The number of aliphatic hydroxyl groups excluding tert-OH is 1. The van der Waals surface area contributed by atoms with Crippen molar-refractivity contribution in [1.82, 2.24) is 15.5 Å². The molecule has 0 saturated carbocycles. The number of amides is 2. The van der Waals surface area contributed by atoms with E-state index in [9.17, 15) is 24.8 Å². The maximum absolute atomic E-state index is 13.2. The van der Waals surface area contributed by atoms with Crippen molar-refractivity contribution in [2.75, 3.05) is 13.6 Å². The Kier molecular flexibility index (Phi) is 7.32. The van der Waals surface area contributed by atoms with Gasteiger partial charge in [-0.1, -0.05) is 42.5 Å². The van der Waals surface area contributed by atoms with Crippen molar-refractivity contribution in [2.45, 2.75) is 37.6 Å². The zero-order valence-corrected chi connectivity index (χ0v) is 17.2. The number of likely N-dealkylation sites (N-methyl/N-ethyl adjacent to an activating group) is 1. The summed E-state index contributed by atoms with van der Waals surface area (Å²) in [6.07, 6.45) is -0.124. The first-order valence-electron chi connectivity index (χ1n) is 10.1. The van der Waals surface area contributed by atoms with E-state index in [0.29, 0.717) is 18.7 Å². The zero-order chi connectivity index (χ0) is 22.4. The Morgan fingerprint density at radius 1 is 1.19 bits per heavy atom. The predicted octanol–water partition coefficient (Wildman–Crippen LogP) is 1.00. The van der Waals surface area contributed by atoms with Crippen LogP contribution in [-0.4, -0.2) is 58.5 Å². The first-order chi connectivity index (χ1) is 14.8. The van der Waals surface area contributed by atoms with Crippen LogP contribution in [-0.2, 0) is 22.6 Å². The summed E-state index contributed by atoms with van der Waals surface area (Å²) in [5.41, 5.74) is 1.61. The van der Waals surface area contributed by atoms with Crippen molar-refractivity contribution in [2.24, 2.45) is 0 Å². The number of hydrogen-bond donors (Lipinski definition) is 3. The van der Waals surface area contributed by atoms with Gasteiger partial charge < -0.3 is 20.6 Å². The third kappa shape index (κ3) is 6.09. The first kappa shape index (κ1) is 22.4. The Bertz CT molecular complexity index is 919. The summed E-state index contributed by atoms with van der Waals surface area (Å²) in [6.45, 7) is 0.708. The monoisotopic (exact) mass is 426 g/mol. The van der Waals surface area contributed by atoms with Gasteiger partial charge in [0.25, 0.3) is 5.69 Å². The second-order valence-electron chi connectivity index (χ2n) is 7.72. The van der Waals surface area contributed by atoms with Gasteiger partial charge in [-0.05, 0) is 17.5 Å². The molecule has 1 saturated heterocycles. The van der Waals surface area contributed by atoms with Crippen LogP contribution >= 0.6 is 0 Å². The Morgan fingerprint density at radius 2 is 1.87 bits per heavy atom. The van der Waals surface area contributed by atoms with Crippen molar-refractivity contribution in [3.63, 3.8) is 0 Å². The molecular formula is C22H26N4O5. The normalized spacial score (nSPS) is 18.9. The lowest BCUT2D eigenvalue weighted by molar-refractivity contribution is -0.384. The lowest BCUT2D eigenvalue weighted by Crippen LogP contribution is -2.52. The maximum atomic E-state index is 13.2. The topological polar surface area (TPSA) is 125 Å². The van der Waals surface area contributed by atoms with Crippen LogP contribution in [0.1, 0.15) is 17.5 Å². The second kappa shape index (κ2) is 10.1. The van der Waals surface area contributed by atoms with Crippen molar-refractivity contribution in [1.29, 1.82) is 0 Å². The van der Waals surface area contributed by atoms with Crippen molar-refractivity contribution < 1.29 is 19.6 Å². The minimum Gasteiger partial charge on any atom is -0.392 e. The second-order valence-corrected chi connectivity index (χ2v) is 7.72. The smallest absolute Gasteiger partial charge is 0.269 e. The van der Waals surface area contributed by atoms with Crippen LogP contribution in [0.25, 0.3) is 0 Å². The fraction of sp³-hybridized carbons (Fsp3) is 0.364. The quantitative estimate of drug-likeness (QED) is 0.427. The summed E-state index contributed by atoms with van der Waals surface area (Å²) in [4.78, 5) is 37.8. The van der Waals surface area contributed by atoms with E-state index >= 15 is 0 Å². The molecular weight excluding hydrogens is 400 g/mol. The minimum absolute atomic E-state index is 0.0407. The minimum atomic E-state index is -0.845. The highest BCUT2D eigenvalue weighted by Gasteiger charge is 2.32. The highest BCUT2D eigenvalue weighted by atomic mass is 16.6. The Balaban J connectivity index is 1.74. The summed E-state index contributed by atoms with van der Waals surface area (Å²) in [7, 11) is 1.67. The Morgan fingerprint density at radius 3 is 2.45 bits per heavy atom. The van der Waals surface area contributed by atoms with Gasteiger partial charge in [-0.3, -0.25) is 19.7 Å². The SMILES string of the molecule is CN(Cc1ccccc1)C(=O)[C@H](Cc1ccc([N+](=O)[O-])cc1)NC(=O)[C@@H]1C[C@@H](O)CN1. The number of hydrogen-bond acceptors (Lipinski definition) is 6. The fourth-order valence-corrected chi connectivity index (χ4v) is 3.58. The number of non-ortho nitro benzene ring substituents is 1. The molecule has 0 aromatic heterocycles. The number of nitrogens with zero attached hydrogens (tertiary/aromatic N) is 2. The van der Waals surface area contributed by atoms with Gasteiger partial charge >= 0.3 is 0 Å². The lowest BCUT2D eigenvalue weighted by atomic mass is 10.0. The number of β-amino-alcohol motifs (C(OH)–C–C–N with tert-alkyl or cyclic N) is 1. The highest BCUT2D eigenvalue weighted by molar-refractivity contribution is 5.90. The van der Waals surface area contributed by atoms with Crippen LogP contribution < -0.4 is 10.6 Å². The average Bonchev–Trinajstić information content (AvgIpc) is 3.20. The van der Waals surface area contributed by atoms with E-state index in [1.807, 2.05) is 30.3 Å². The fourth-order valence-electron chi connectivity index (χ4n) is 3.58. The number of nitro groups is 1. The molecule has 3 atom stereocenters. The summed E-state index contributed by atoms with van der Waals surface area (Å²) in [5, 5.41) is 26.3. The van der Waals surface area contributed by atoms with Gasteiger partial charge in [-0.25, -0.2) is 0 Å². The number of benzene rings is 2. The summed E-state index contributed by atoms with van der Waals surface area (Å²) in [5.74, 6) is -0.626. The molecule has 1 aliphatic rings. The molecule has 0 spiro atoms. The standard InChI is InChI=1S/C22H26N4O5/c1-25(14-16-5-3-2-4-6-16)22(29)20(24-21(28)19-12-18(27)13-23-19)11-15-7-9-17(10-8-15)26(30)31/h2-10,18-20,23,27H,11-14H2,1H3,(H,24,28)/t18-,19+,20+/m1/s1. The summed E-state index contributed by atoms with van der Waals surface area (Å²) >= 11 is 0. The third-order valence-electron chi connectivity index (χ3n) is 5.26. The van der Waals surface area contributed by atoms with E-state index in [-0.39, 0.29) is 30.3 Å². The zero-order valence-electron chi connectivity index (χ0n) is 17.2. The van der Waals surface area contributed by atoms with Crippen LogP contribution in [0.2, 0.25) is 0 Å². The molecule has 2 amide bonds. The maximum Gasteiger partial charge on any atom is 0.269 e. The molecule has 1 heterocycles.